The highest BCUT2D eigenvalue weighted by Gasteiger charge is 2.43. The summed E-state index contributed by atoms with van der Waals surface area (Å²) in [6.07, 6.45) is 10.9. The van der Waals surface area contributed by atoms with Crippen molar-refractivity contribution in [1.29, 1.82) is 0 Å². The third kappa shape index (κ3) is 7.21. The molecule has 3 rings (SSSR count). The van der Waals surface area contributed by atoms with Gasteiger partial charge >= 0.3 is 0 Å². The van der Waals surface area contributed by atoms with Gasteiger partial charge in [0.1, 0.15) is 0 Å². The molecule has 0 aromatic carbocycles. The molecular formula is C19H36IN3O2. The molecule has 3 atom stereocenters. The molecule has 3 aliphatic rings. The summed E-state index contributed by atoms with van der Waals surface area (Å²) in [5.74, 6) is 2.84. The Bertz CT molecular complexity index is 396. The van der Waals surface area contributed by atoms with Gasteiger partial charge in [-0.1, -0.05) is 32.1 Å². The van der Waals surface area contributed by atoms with Gasteiger partial charge in [-0.15, -0.1) is 24.0 Å². The molecule has 0 spiro atoms. The van der Waals surface area contributed by atoms with Crippen molar-refractivity contribution < 1.29 is 9.47 Å². The monoisotopic (exact) mass is 465 g/mol. The van der Waals surface area contributed by atoms with Crippen molar-refractivity contribution in [2.75, 3.05) is 32.9 Å². The number of rotatable bonds is 8. The van der Waals surface area contributed by atoms with Crippen LogP contribution in [0.25, 0.3) is 0 Å². The van der Waals surface area contributed by atoms with E-state index in [1.807, 2.05) is 0 Å². The summed E-state index contributed by atoms with van der Waals surface area (Å²) in [4.78, 5) is 4.72. The molecule has 0 aromatic heterocycles. The Morgan fingerprint density at radius 2 is 2.04 bits per heavy atom. The second-order valence-corrected chi connectivity index (χ2v) is 7.52. The second kappa shape index (κ2) is 11.6. The molecule has 6 heteroatoms. The van der Waals surface area contributed by atoms with E-state index in [-0.39, 0.29) is 24.0 Å². The van der Waals surface area contributed by atoms with Crippen LogP contribution in [-0.4, -0.2) is 51.0 Å². The Labute approximate surface area is 170 Å². The Kier molecular flexibility index (Phi) is 9.84. The largest absolute Gasteiger partial charge is 0.379 e. The van der Waals surface area contributed by atoms with Crippen LogP contribution in [0.2, 0.25) is 0 Å². The highest BCUT2D eigenvalue weighted by atomic mass is 127. The number of hydrogen-bond donors (Lipinski definition) is 2. The Hall–Kier alpha value is -0.0800. The third-order valence-electron chi connectivity index (χ3n) is 5.58. The lowest BCUT2D eigenvalue weighted by atomic mass is 9.85. The summed E-state index contributed by atoms with van der Waals surface area (Å²) >= 11 is 0. The minimum atomic E-state index is 0. The maximum Gasteiger partial charge on any atom is 0.191 e. The van der Waals surface area contributed by atoms with Crippen LogP contribution < -0.4 is 10.6 Å². The number of aliphatic imine (C=N–C) groups is 1. The summed E-state index contributed by atoms with van der Waals surface area (Å²) in [7, 11) is 0. The van der Waals surface area contributed by atoms with Gasteiger partial charge in [0, 0.05) is 32.3 Å². The Morgan fingerprint density at radius 3 is 2.76 bits per heavy atom. The average Bonchev–Trinajstić information content (AvgIpc) is 3.17. The van der Waals surface area contributed by atoms with Gasteiger partial charge in [-0.2, -0.15) is 0 Å². The van der Waals surface area contributed by atoms with Crippen LogP contribution in [0.1, 0.15) is 58.3 Å². The van der Waals surface area contributed by atoms with Gasteiger partial charge < -0.3 is 20.1 Å². The first-order valence-electron chi connectivity index (χ1n) is 10.1. The molecule has 0 aromatic rings. The van der Waals surface area contributed by atoms with E-state index in [4.69, 9.17) is 14.5 Å². The van der Waals surface area contributed by atoms with Crippen molar-refractivity contribution in [3.63, 3.8) is 0 Å². The van der Waals surface area contributed by atoms with E-state index in [9.17, 15) is 0 Å². The van der Waals surface area contributed by atoms with Crippen LogP contribution in [0.4, 0.5) is 0 Å². The number of guanidine groups is 1. The van der Waals surface area contributed by atoms with E-state index in [0.29, 0.717) is 12.1 Å². The molecule has 146 valence electrons. The van der Waals surface area contributed by atoms with E-state index in [1.165, 1.54) is 38.5 Å². The molecule has 1 saturated heterocycles. The summed E-state index contributed by atoms with van der Waals surface area (Å²) in [6.45, 7) is 6.27. The molecule has 5 nitrogen and oxygen atoms in total. The number of ether oxygens (including phenoxy) is 2. The van der Waals surface area contributed by atoms with E-state index in [2.05, 4.69) is 17.6 Å². The SMILES string of the molecule is CCNC(=NCCCOC1CCOC1)NC1CC1C1CCCCC1.I. The van der Waals surface area contributed by atoms with Crippen molar-refractivity contribution >= 4 is 29.9 Å². The van der Waals surface area contributed by atoms with Gasteiger partial charge in [0.25, 0.3) is 0 Å². The smallest absolute Gasteiger partial charge is 0.191 e. The highest BCUT2D eigenvalue weighted by Crippen LogP contribution is 2.44. The third-order valence-corrected chi connectivity index (χ3v) is 5.58. The van der Waals surface area contributed by atoms with Gasteiger partial charge in [-0.05, 0) is 38.0 Å². The number of halogens is 1. The van der Waals surface area contributed by atoms with Crippen LogP contribution in [-0.2, 0) is 9.47 Å². The van der Waals surface area contributed by atoms with Gasteiger partial charge in [-0.25, -0.2) is 0 Å². The highest BCUT2D eigenvalue weighted by molar-refractivity contribution is 14.0. The molecule has 2 N–H and O–H groups in total. The normalized spacial score (nSPS) is 30.0. The molecule has 2 saturated carbocycles. The zero-order valence-corrected chi connectivity index (χ0v) is 18.0. The first-order chi connectivity index (χ1) is 11.9. The number of nitrogens with zero attached hydrogens (tertiary/aromatic N) is 1. The van der Waals surface area contributed by atoms with Gasteiger partial charge in [0.2, 0.25) is 0 Å². The predicted molar refractivity (Wildman–Crippen MR) is 113 cm³/mol. The van der Waals surface area contributed by atoms with Crippen molar-refractivity contribution in [1.82, 2.24) is 10.6 Å². The molecular weight excluding hydrogens is 429 g/mol. The van der Waals surface area contributed by atoms with E-state index in [1.54, 1.807) is 0 Å². The minimum absolute atomic E-state index is 0. The lowest BCUT2D eigenvalue weighted by Gasteiger charge is -2.22. The fourth-order valence-corrected chi connectivity index (χ4v) is 4.11. The lowest BCUT2D eigenvalue weighted by Crippen LogP contribution is -2.39. The fourth-order valence-electron chi connectivity index (χ4n) is 4.11. The first kappa shape index (κ1) is 21.2. The molecule has 1 aliphatic heterocycles. The molecule has 3 fully saturated rings. The molecule has 0 amide bonds. The van der Waals surface area contributed by atoms with Gasteiger partial charge in [-0.3, -0.25) is 4.99 Å². The van der Waals surface area contributed by atoms with Gasteiger partial charge in [0.15, 0.2) is 5.96 Å². The summed E-state index contributed by atoms with van der Waals surface area (Å²) in [5.41, 5.74) is 0. The van der Waals surface area contributed by atoms with Crippen molar-refractivity contribution in [3.8, 4) is 0 Å². The zero-order chi connectivity index (χ0) is 16.6. The van der Waals surface area contributed by atoms with Crippen LogP contribution in [0.3, 0.4) is 0 Å². The molecule has 25 heavy (non-hydrogen) atoms. The topological polar surface area (TPSA) is 54.9 Å². The summed E-state index contributed by atoms with van der Waals surface area (Å²) < 4.78 is 11.1. The molecule has 2 aliphatic carbocycles. The Balaban J connectivity index is 0.00000225. The quantitative estimate of drug-likeness (QED) is 0.250. The zero-order valence-electron chi connectivity index (χ0n) is 15.7. The Morgan fingerprint density at radius 1 is 1.20 bits per heavy atom. The van der Waals surface area contributed by atoms with Gasteiger partial charge in [0.05, 0.1) is 12.7 Å². The van der Waals surface area contributed by atoms with Crippen LogP contribution in [0.15, 0.2) is 4.99 Å². The second-order valence-electron chi connectivity index (χ2n) is 7.52. The van der Waals surface area contributed by atoms with Crippen molar-refractivity contribution in [2.24, 2.45) is 16.8 Å². The molecule has 1 heterocycles. The summed E-state index contributed by atoms with van der Waals surface area (Å²) in [6, 6.07) is 0.651. The summed E-state index contributed by atoms with van der Waals surface area (Å²) in [5, 5.41) is 7.04. The van der Waals surface area contributed by atoms with Crippen LogP contribution in [0.5, 0.6) is 0 Å². The maximum atomic E-state index is 5.80. The van der Waals surface area contributed by atoms with Crippen molar-refractivity contribution in [3.05, 3.63) is 0 Å². The molecule has 0 radical (unpaired) electrons. The number of nitrogens with one attached hydrogen (secondary N) is 2. The number of hydrogen-bond acceptors (Lipinski definition) is 3. The van der Waals surface area contributed by atoms with Crippen molar-refractivity contribution in [2.45, 2.75) is 70.4 Å². The average molecular weight is 465 g/mol. The standard InChI is InChI=1S/C19H35N3O2.HI/c1-2-20-19(21-10-6-11-24-16-9-12-23-14-16)22-18-13-17(18)15-7-4-3-5-8-15;/h15-18H,2-14H2,1H3,(H2,20,21,22);1H. The van der Waals surface area contributed by atoms with Crippen LogP contribution >= 0.6 is 24.0 Å². The fraction of sp³-hybridized carbons (Fsp3) is 0.947. The predicted octanol–water partition coefficient (Wildman–Crippen LogP) is 3.32. The van der Waals surface area contributed by atoms with E-state index >= 15 is 0 Å². The molecule has 3 unspecified atom stereocenters. The van der Waals surface area contributed by atoms with E-state index < -0.39 is 0 Å². The van der Waals surface area contributed by atoms with Crippen LogP contribution in [0, 0.1) is 11.8 Å². The minimum Gasteiger partial charge on any atom is -0.379 e. The first-order valence-corrected chi connectivity index (χ1v) is 10.1. The lowest BCUT2D eigenvalue weighted by molar-refractivity contribution is 0.0424. The van der Waals surface area contributed by atoms with E-state index in [0.717, 1.165) is 63.5 Å². The maximum absolute atomic E-state index is 5.80. The molecule has 0 bridgehead atoms.